The summed E-state index contributed by atoms with van der Waals surface area (Å²) in [5, 5.41) is 56.1. The van der Waals surface area contributed by atoms with Gasteiger partial charge in [-0.1, -0.05) is 0 Å². The molecule has 0 aromatic carbocycles. The van der Waals surface area contributed by atoms with Gasteiger partial charge in [-0.15, -0.1) is 0 Å². The first-order valence-electron chi connectivity index (χ1n) is 5.96. The monoisotopic (exact) mass is 322 g/mol. The number of nitrogens with one attached hydrogen (secondary N) is 1. The van der Waals surface area contributed by atoms with Gasteiger partial charge in [-0.2, -0.15) is 0 Å². The number of aliphatic carboxylic acids is 2. The molecule has 5 atom stereocenters. The fourth-order valence-corrected chi connectivity index (χ4v) is 1.39. The summed E-state index contributed by atoms with van der Waals surface area (Å²) < 4.78 is 0. The molecule has 7 N–H and O–H groups in total. The third kappa shape index (κ3) is 5.73. The normalized spacial score (nSPS) is 17.6. The molecule has 0 aromatic rings. The van der Waals surface area contributed by atoms with Gasteiger partial charge < -0.3 is 36.0 Å². The molecular formula is C11H16NO10. The van der Waals surface area contributed by atoms with E-state index >= 15 is 0 Å². The SMILES string of the molecule is O=[C]CC[C@H](NC(=O)[C@H](O)[C@H](O)[C@H](O)[C@@H](O)C(=O)O)C(=O)O. The van der Waals surface area contributed by atoms with Gasteiger partial charge in [0, 0.05) is 6.42 Å². The van der Waals surface area contributed by atoms with Crippen LogP contribution < -0.4 is 5.32 Å². The highest BCUT2D eigenvalue weighted by Gasteiger charge is 2.38. The summed E-state index contributed by atoms with van der Waals surface area (Å²) in [6.45, 7) is 0. The summed E-state index contributed by atoms with van der Waals surface area (Å²) >= 11 is 0. The number of carbonyl (C=O) groups excluding carboxylic acids is 2. The van der Waals surface area contributed by atoms with Crippen LogP contribution in [0.2, 0.25) is 0 Å². The minimum absolute atomic E-state index is 0.309. The Morgan fingerprint density at radius 3 is 1.82 bits per heavy atom. The van der Waals surface area contributed by atoms with Crippen molar-refractivity contribution in [2.24, 2.45) is 0 Å². The van der Waals surface area contributed by atoms with Gasteiger partial charge in [-0.25, -0.2) is 9.59 Å². The van der Waals surface area contributed by atoms with Crippen LogP contribution in [0.5, 0.6) is 0 Å². The molecule has 0 spiro atoms. The Bertz CT molecular complexity index is 425. The predicted octanol–water partition coefficient (Wildman–Crippen LogP) is -4.03. The molecule has 0 bridgehead atoms. The lowest BCUT2D eigenvalue weighted by Gasteiger charge is -2.25. The van der Waals surface area contributed by atoms with E-state index < -0.39 is 48.3 Å². The number of hydrogen-bond acceptors (Lipinski definition) is 8. The van der Waals surface area contributed by atoms with Gasteiger partial charge >= 0.3 is 11.9 Å². The van der Waals surface area contributed by atoms with Gasteiger partial charge in [0.2, 0.25) is 0 Å². The minimum Gasteiger partial charge on any atom is -0.480 e. The van der Waals surface area contributed by atoms with Crippen LogP contribution in [-0.2, 0) is 19.2 Å². The van der Waals surface area contributed by atoms with Gasteiger partial charge in [0.25, 0.3) is 5.91 Å². The Morgan fingerprint density at radius 2 is 1.41 bits per heavy atom. The fourth-order valence-electron chi connectivity index (χ4n) is 1.39. The molecule has 0 aromatic heterocycles. The quantitative estimate of drug-likeness (QED) is 0.207. The third-order valence-corrected chi connectivity index (χ3v) is 2.67. The number of aliphatic hydroxyl groups is 4. The molecule has 0 saturated carbocycles. The number of carboxylic acids is 2. The molecule has 0 unspecified atom stereocenters. The molecule has 125 valence electrons. The van der Waals surface area contributed by atoms with Gasteiger partial charge in [0.05, 0.1) is 0 Å². The van der Waals surface area contributed by atoms with Crippen molar-refractivity contribution in [2.75, 3.05) is 0 Å². The maximum absolute atomic E-state index is 11.5. The molecule has 22 heavy (non-hydrogen) atoms. The predicted molar refractivity (Wildman–Crippen MR) is 66.2 cm³/mol. The second-order valence-electron chi connectivity index (χ2n) is 4.29. The van der Waals surface area contributed by atoms with E-state index in [0.717, 1.165) is 0 Å². The molecule has 1 amide bonds. The summed E-state index contributed by atoms with van der Waals surface area (Å²) in [5.41, 5.74) is 0. The third-order valence-electron chi connectivity index (χ3n) is 2.67. The zero-order valence-electron chi connectivity index (χ0n) is 11.1. The lowest BCUT2D eigenvalue weighted by Crippen LogP contribution is -2.55. The van der Waals surface area contributed by atoms with Crippen LogP contribution in [0.25, 0.3) is 0 Å². The lowest BCUT2D eigenvalue weighted by atomic mass is 10.0. The van der Waals surface area contributed by atoms with Gasteiger partial charge in [0.1, 0.15) is 18.2 Å². The highest BCUT2D eigenvalue weighted by atomic mass is 16.4. The zero-order valence-corrected chi connectivity index (χ0v) is 11.1. The second kappa shape index (κ2) is 9.04. The molecule has 0 fully saturated rings. The van der Waals surface area contributed by atoms with E-state index in [2.05, 4.69) is 0 Å². The first-order valence-corrected chi connectivity index (χ1v) is 5.96. The average molecular weight is 322 g/mol. The summed E-state index contributed by atoms with van der Waals surface area (Å²) in [7, 11) is 0. The van der Waals surface area contributed by atoms with E-state index in [1.54, 1.807) is 5.32 Å². The molecule has 0 heterocycles. The van der Waals surface area contributed by atoms with Crippen molar-refractivity contribution in [3.8, 4) is 0 Å². The Morgan fingerprint density at radius 1 is 0.909 bits per heavy atom. The Hall–Kier alpha value is -2.08. The first-order chi connectivity index (χ1) is 10.1. The number of carbonyl (C=O) groups is 3. The maximum atomic E-state index is 11.5. The van der Waals surface area contributed by atoms with Crippen molar-refractivity contribution in [1.82, 2.24) is 5.32 Å². The zero-order chi connectivity index (χ0) is 17.4. The maximum Gasteiger partial charge on any atom is 0.335 e. The number of rotatable bonds is 10. The number of amides is 1. The van der Waals surface area contributed by atoms with Gasteiger partial charge in [-0.05, 0) is 6.42 Å². The number of aliphatic hydroxyl groups excluding tert-OH is 4. The van der Waals surface area contributed by atoms with Crippen molar-refractivity contribution in [1.29, 1.82) is 0 Å². The van der Waals surface area contributed by atoms with Crippen molar-refractivity contribution in [3.05, 3.63) is 0 Å². The number of carboxylic acid groups (broad SMARTS) is 2. The van der Waals surface area contributed by atoms with E-state index in [-0.39, 0.29) is 12.8 Å². The van der Waals surface area contributed by atoms with Crippen molar-refractivity contribution in [3.63, 3.8) is 0 Å². The highest BCUT2D eigenvalue weighted by Crippen LogP contribution is 2.07. The molecule has 0 saturated heterocycles. The summed E-state index contributed by atoms with van der Waals surface area (Å²) in [6, 6.07) is -1.56. The van der Waals surface area contributed by atoms with Gasteiger partial charge in [0.15, 0.2) is 18.5 Å². The molecular weight excluding hydrogens is 306 g/mol. The molecule has 1 radical (unpaired) electrons. The standard InChI is InChI=1S/C11H16NO10/c13-3-1-2-4(10(19)20)12-9(18)7(16)5(14)6(15)8(17)11(21)22/h4-8,14-17H,1-2H2,(H,12,18)(H,19,20)(H,21,22)/t4-,5+,6-,7+,8+/m0/s1. The lowest BCUT2D eigenvalue weighted by molar-refractivity contribution is -0.166. The van der Waals surface area contributed by atoms with Crippen LogP contribution in [0, 0.1) is 0 Å². The van der Waals surface area contributed by atoms with E-state index in [9.17, 15) is 34.5 Å². The summed E-state index contributed by atoms with van der Waals surface area (Å²) in [5.74, 6) is -4.84. The molecule has 0 aliphatic rings. The van der Waals surface area contributed by atoms with E-state index in [1.807, 2.05) is 0 Å². The Kier molecular flexibility index (Phi) is 8.19. The van der Waals surface area contributed by atoms with Crippen molar-refractivity contribution < 1.29 is 49.8 Å². The second-order valence-corrected chi connectivity index (χ2v) is 4.29. The van der Waals surface area contributed by atoms with E-state index in [4.69, 9.17) is 15.3 Å². The Balaban J connectivity index is 4.78. The van der Waals surface area contributed by atoms with Crippen molar-refractivity contribution >= 4 is 24.1 Å². The smallest absolute Gasteiger partial charge is 0.335 e. The molecule has 11 nitrogen and oxygen atoms in total. The first kappa shape index (κ1) is 19.9. The molecule has 0 aliphatic heterocycles. The van der Waals surface area contributed by atoms with Crippen LogP contribution in [0.3, 0.4) is 0 Å². The fraction of sp³-hybridized carbons (Fsp3) is 0.636. The van der Waals surface area contributed by atoms with Crippen LogP contribution >= 0.6 is 0 Å². The highest BCUT2D eigenvalue weighted by molar-refractivity contribution is 5.86. The van der Waals surface area contributed by atoms with Crippen LogP contribution in [0.15, 0.2) is 0 Å². The summed E-state index contributed by atoms with van der Waals surface area (Å²) in [4.78, 5) is 42.8. The molecule has 0 aliphatic carbocycles. The van der Waals surface area contributed by atoms with Crippen molar-refractivity contribution in [2.45, 2.75) is 43.3 Å². The summed E-state index contributed by atoms with van der Waals surface area (Å²) in [6.07, 6.45) is -8.84. The van der Waals surface area contributed by atoms with Gasteiger partial charge in [-0.3, -0.25) is 9.59 Å². The van der Waals surface area contributed by atoms with Crippen LogP contribution in [0.4, 0.5) is 0 Å². The van der Waals surface area contributed by atoms with Crippen LogP contribution in [0.1, 0.15) is 12.8 Å². The minimum atomic E-state index is -2.46. The molecule has 11 heteroatoms. The van der Waals surface area contributed by atoms with E-state index in [1.165, 1.54) is 6.29 Å². The topological polar surface area (TPSA) is 202 Å². The molecule has 0 rings (SSSR count). The number of hydrogen-bond donors (Lipinski definition) is 7. The van der Waals surface area contributed by atoms with E-state index in [0.29, 0.717) is 0 Å². The van der Waals surface area contributed by atoms with Crippen LogP contribution in [-0.4, -0.2) is 85.2 Å². The average Bonchev–Trinajstić information content (AvgIpc) is 2.47. The Labute approximate surface area is 123 Å². The largest absolute Gasteiger partial charge is 0.480 e.